The molecule has 3 aromatic carbocycles. The van der Waals surface area contributed by atoms with Crippen LogP contribution in [0.1, 0.15) is 16.7 Å². The molecule has 0 N–H and O–H groups in total. The fourth-order valence-corrected chi connectivity index (χ4v) is 3.48. The van der Waals surface area contributed by atoms with Gasteiger partial charge in [-0.2, -0.15) is 0 Å². The zero-order valence-electron chi connectivity index (χ0n) is 15.7. The Morgan fingerprint density at radius 3 is 1.79 bits per heavy atom. The number of halogens is 3. The van der Waals surface area contributed by atoms with Crippen LogP contribution in [0.3, 0.4) is 0 Å². The molecule has 0 spiro atoms. The molecule has 146 valence electrons. The van der Waals surface area contributed by atoms with Crippen LogP contribution in [-0.4, -0.2) is 9.55 Å². The van der Waals surface area contributed by atoms with Gasteiger partial charge < -0.3 is 0 Å². The fraction of sp³-hybridized carbons (Fsp3) is 0.125. The Balaban J connectivity index is 1.99. The minimum absolute atomic E-state index is 0.488. The molecule has 0 aliphatic carbocycles. The summed E-state index contributed by atoms with van der Waals surface area (Å²) in [6.45, 7) is -1.92. The maximum absolute atomic E-state index is 13.7. The summed E-state index contributed by atoms with van der Waals surface area (Å²) in [6, 6.07) is 21.2. The van der Waals surface area contributed by atoms with E-state index in [2.05, 4.69) is 0 Å². The summed E-state index contributed by atoms with van der Waals surface area (Å²) in [5, 5.41) is 0. The third-order valence-electron chi connectivity index (χ3n) is 4.94. The number of alkyl halides is 3. The van der Waals surface area contributed by atoms with Gasteiger partial charge >= 0.3 is 0 Å². The van der Waals surface area contributed by atoms with E-state index in [0.717, 1.165) is 0 Å². The number of benzene rings is 3. The molecule has 0 aliphatic heterocycles. The molecule has 0 radical (unpaired) electrons. The van der Waals surface area contributed by atoms with E-state index < -0.39 is 20.0 Å². The zero-order chi connectivity index (χ0) is 20.2. The lowest BCUT2D eigenvalue weighted by molar-refractivity contribution is 0.483. The summed E-state index contributed by atoms with van der Waals surface area (Å²) >= 11 is 0. The van der Waals surface area contributed by atoms with Crippen LogP contribution >= 0.6 is 0 Å². The Morgan fingerprint density at radius 1 is 0.621 bits per heavy atom. The van der Waals surface area contributed by atoms with E-state index >= 15 is 0 Å². The molecule has 0 saturated heterocycles. The molecule has 0 amide bonds. The predicted octanol–water partition coefficient (Wildman–Crippen LogP) is 6.61. The highest BCUT2D eigenvalue weighted by Gasteiger charge is 2.18. The molecular weight excluding hydrogens is 373 g/mol. The van der Waals surface area contributed by atoms with Crippen LogP contribution in [0.2, 0.25) is 0 Å². The van der Waals surface area contributed by atoms with Crippen molar-refractivity contribution in [2.75, 3.05) is 0 Å². The first-order valence-electron chi connectivity index (χ1n) is 9.29. The van der Waals surface area contributed by atoms with E-state index in [1.807, 2.05) is 18.2 Å². The SMILES string of the molecule is FCc1ccccc1-c1cn(-c2ccccc2CF)c(-c2ccccc2CF)n1. The molecule has 0 bridgehead atoms. The summed E-state index contributed by atoms with van der Waals surface area (Å²) in [6.07, 6.45) is 1.76. The lowest BCUT2D eigenvalue weighted by Gasteiger charge is -2.12. The molecule has 0 fully saturated rings. The van der Waals surface area contributed by atoms with Crippen molar-refractivity contribution in [3.05, 3.63) is 95.7 Å². The first kappa shape index (κ1) is 19.0. The fourth-order valence-electron chi connectivity index (χ4n) is 3.48. The van der Waals surface area contributed by atoms with Crippen molar-refractivity contribution in [3.63, 3.8) is 0 Å². The maximum atomic E-state index is 13.7. The largest absolute Gasteiger partial charge is 0.299 e. The average molecular weight is 392 g/mol. The third-order valence-corrected chi connectivity index (χ3v) is 4.94. The maximum Gasteiger partial charge on any atom is 0.145 e. The molecule has 29 heavy (non-hydrogen) atoms. The van der Waals surface area contributed by atoms with Crippen molar-refractivity contribution in [3.8, 4) is 28.3 Å². The molecule has 0 atom stereocenters. The lowest BCUT2D eigenvalue weighted by Crippen LogP contribution is -2.01. The number of nitrogens with zero attached hydrogens (tertiary/aromatic N) is 2. The zero-order valence-corrected chi connectivity index (χ0v) is 15.7. The van der Waals surface area contributed by atoms with Crippen molar-refractivity contribution in [1.82, 2.24) is 9.55 Å². The molecule has 1 aromatic heterocycles. The van der Waals surface area contributed by atoms with Gasteiger partial charge in [0.15, 0.2) is 0 Å². The van der Waals surface area contributed by atoms with Crippen molar-refractivity contribution in [2.24, 2.45) is 0 Å². The third kappa shape index (κ3) is 3.56. The van der Waals surface area contributed by atoms with Gasteiger partial charge in [0.2, 0.25) is 0 Å². The van der Waals surface area contributed by atoms with Crippen LogP contribution in [0.25, 0.3) is 28.3 Å². The average Bonchev–Trinajstić information content (AvgIpc) is 3.23. The van der Waals surface area contributed by atoms with Crippen LogP contribution in [0.5, 0.6) is 0 Å². The van der Waals surface area contributed by atoms with Crippen molar-refractivity contribution < 1.29 is 13.2 Å². The van der Waals surface area contributed by atoms with Crippen molar-refractivity contribution in [2.45, 2.75) is 20.0 Å². The van der Waals surface area contributed by atoms with Crippen molar-refractivity contribution >= 4 is 0 Å². The molecular formula is C24H19F3N2. The quantitative estimate of drug-likeness (QED) is 0.361. The molecule has 0 saturated carbocycles. The second kappa shape index (κ2) is 8.35. The van der Waals surface area contributed by atoms with Gasteiger partial charge in [0, 0.05) is 22.9 Å². The Kier molecular flexibility index (Phi) is 5.47. The van der Waals surface area contributed by atoms with E-state index in [4.69, 9.17) is 4.98 Å². The van der Waals surface area contributed by atoms with E-state index in [1.165, 1.54) is 0 Å². The molecule has 0 unspecified atom stereocenters. The first-order valence-corrected chi connectivity index (χ1v) is 9.29. The number of hydrogen-bond acceptors (Lipinski definition) is 1. The normalized spacial score (nSPS) is 11.0. The van der Waals surface area contributed by atoms with Crippen molar-refractivity contribution in [1.29, 1.82) is 0 Å². The number of imidazole rings is 1. The molecule has 2 nitrogen and oxygen atoms in total. The Morgan fingerprint density at radius 2 is 1.14 bits per heavy atom. The smallest absolute Gasteiger partial charge is 0.145 e. The number of hydrogen-bond donors (Lipinski definition) is 0. The monoisotopic (exact) mass is 392 g/mol. The Bertz CT molecular complexity index is 1070. The number of aromatic nitrogens is 2. The molecule has 1 heterocycles. The second-order valence-electron chi connectivity index (χ2n) is 6.66. The van der Waals surface area contributed by atoms with Crippen LogP contribution in [0.4, 0.5) is 13.2 Å². The molecule has 4 aromatic rings. The summed E-state index contributed by atoms with van der Waals surface area (Å²) in [5.74, 6) is 0.489. The highest BCUT2D eigenvalue weighted by molar-refractivity contribution is 5.71. The highest BCUT2D eigenvalue weighted by atomic mass is 19.1. The topological polar surface area (TPSA) is 17.8 Å². The summed E-state index contributed by atoms with van der Waals surface area (Å²) in [5.41, 5.74) is 3.95. The van der Waals surface area contributed by atoms with Gasteiger partial charge in [-0.05, 0) is 17.2 Å². The van der Waals surface area contributed by atoms with Gasteiger partial charge in [0.25, 0.3) is 0 Å². The van der Waals surface area contributed by atoms with Gasteiger partial charge in [0.1, 0.15) is 25.8 Å². The molecule has 5 heteroatoms. The van der Waals surface area contributed by atoms with Crippen LogP contribution in [0, 0.1) is 0 Å². The van der Waals surface area contributed by atoms with E-state index in [1.54, 1.807) is 65.4 Å². The minimum atomic E-state index is -0.649. The van der Waals surface area contributed by atoms with Gasteiger partial charge in [-0.15, -0.1) is 0 Å². The summed E-state index contributed by atoms with van der Waals surface area (Å²) in [7, 11) is 0. The summed E-state index contributed by atoms with van der Waals surface area (Å²) in [4.78, 5) is 4.73. The second-order valence-corrected chi connectivity index (χ2v) is 6.66. The van der Waals surface area contributed by atoms with Gasteiger partial charge in [-0.1, -0.05) is 66.7 Å². The van der Waals surface area contributed by atoms with Crippen LogP contribution < -0.4 is 0 Å². The Hall–Kier alpha value is -3.34. The van der Waals surface area contributed by atoms with Gasteiger partial charge in [-0.3, -0.25) is 4.57 Å². The summed E-state index contributed by atoms with van der Waals surface area (Å²) < 4.78 is 42.6. The Labute approximate surface area is 167 Å². The van der Waals surface area contributed by atoms with Gasteiger partial charge in [-0.25, -0.2) is 18.2 Å². The van der Waals surface area contributed by atoms with E-state index in [-0.39, 0.29) is 0 Å². The minimum Gasteiger partial charge on any atom is -0.299 e. The first-order chi connectivity index (χ1) is 14.3. The highest BCUT2D eigenvalue weighted by Crippen LogP contribution is 2.33. The molecule has 4 rings (SSSR count). The molecule has 0 aliphatic rings. The van der Waals surface area contributed by atoms with Crippen LogP contribution in [0.15, 0.2) is 79.0 Å². The number of para-hydroxylation sites is 1. The van der Waals surface area contributed by atoms with E-state index in [0.29, 0.717) is 45.0 Å². The number of rotatable bonds is 6. The predicted molar refractivity (Wildman–Crippen MR) is 109 cm³/mol. The van der Waals surface area contributed by atoms with Gasteiger partial charge in [0.05, 0.1) is 11.4 Å². The lowest BCUT2D eigenvalue weighted by atomic mass is 10.1. The standard InChI is InChI=1S/C24H19F3N2/c25-13-17-7-1-4-10-20(17)22-16-29(23-12-6-3-9-19(23)15-27)24(28-22)21-11-5-2-8-18(21)14-26/h1-12,16H,13-15H2. The van der Waals surface area contributed by atoms with Crippen LogP contribution in [-0.2, 0) is 20.0 Å². The van der Waals surface area contributed by atoms with E-state index in [9.17, 15) is 13.2 Å².